The van der Waals surface area contributed by atoms with Crippen LogP contribution in [-0.2, 0) is 11.4 Å². The smallest absolute Gasteiger partial charge is 0.234 e. The topological polar surface area (TPSA) is 95.1 Å². The highest BCUT2D eigenvalue weighted by Crippen LogP contribution is 2.30. The van der Waals surface area contributed by atoms with Gasteiger partial charge >= 0.3 is 0 Å². The van der Waals surface area contributed by atoms with E-state index in [1.165, 1.54) is 4.68 Å². The SMILES string of the molecule is Nn1c(SCC(=O)Nc2ccc(OCc3ccccc3)cc2)nnc1-c1cc(Cl)ccc1Cl. The predicted octanol–water partition coefficient (Wildman–Crippen LogP) is 5.28. The van der Waals surface area contributed by atoms with Crippen LogP contribution in [0, 0.1) is 0 Å². The molecule has 3 aromatic carbocycles. The summed E-state index contributed by atoms with van der Waals surface area (Å²) in [7, 11) is 0. The number of nitrogens with one attached hydrogen (secondary N) is 1. The molecule has 1 amide bonds. The van der Waals surface area contributed by atoms with Gasteiger partial charge in [-0.05, 0) is 48.0 Å². The second kappa shape index (κ2) is 10.6. The van der Waals surface area contributed by atoms with Gasteiger partial charge in [0.1, 0.15) is 12.4 Å². The van der Waals surface area contributed by atoms with Gasteiger partial charge in [-0.2, -0.15) is 0 Å². The molecule has 3 N–H and O–H groups in total. The molecule has 0 atom stereocenters. The number of halogens is 2. The first kappa shape index (κ1) is 23.0. The van der Waals surface area contributed by atoms with Gasteiger partial charge in [-0.15, -0.1) is 10.2 Å². The first-order valence-electron chi connectivity index (χ1n) is 9.85. The number of nitrogens with zero attached hydrogens (tertiary/aromatic N) is 3. The Kier molecular flexibility index (Phi) is 7.39. The van der Waals surface area contributed by atoms with Crippen molar-refractivity contribution in [2.75, 3.05) is 16.9 Å². The van der Waals surface area contributed by atoms with Gasteiger partial charge in [0.05, 0.1) is 10.8 Å². The minimum absolute atomic E-state index is 0.102. The molecule has 0 saturated heterocycles. The van der Waals surface area contributed by atoms with Crippen LogP contribution >= 0.6 is 35.0 Å². The van der Waals surface area contributed by atoms with E-state index in [9.17, 15) is 4.79 Å². The number of amides is 1. The average Bonchev–Trinajstić information content (AvgIpc) is 3.19. The van der Waals surface area contributed by atoms with Crippen LogP contribution in [0.4, 0.5) is 5.69 Å². The van der Waals surface area contributed by atoms with Crippen molar-refractivity contribution in [3.63, 3.8) is 0 Å². The lowest BCUT2D eigenvalue weighted by molar-refractivity contribution is -0.113. The number of anilines is 1. The minimum Gasteiger partial charge on any atom is -0.489 e. The second-order valence-corrected chi connectivity index (χ2v) is 8.72. The van der Waals surface area contributed by atoms with E-state index in [-0.39, 0.29) is 11.7 Å². The van der Waals surface area contributed by atoms with E-state index in [1.807, 2.05) is 42.5 Å². The Bertz CT molecular complexity index is 1250. The summed E-state index contributed by atoms with van der Waals surface area (Å²) in [6.07, 6.45) is 0. The third-order valence-electron chi connectivity index (χ3n) is 4.55. The van der Waals surface area contributed by atoms with Gasteiger partial charge in [0.15, 0.2) is 5.82 Å². The predicted molar refractivity (Wildman–Crippen MR) is 132 cm³/mol. The molecule has 10 heteroatoms. The fourth-order valence-corrected chi connectivity index (χ4v) is 3.96. The zero-order valence-electron chi connectivity index (χ0n) is 17.2. The first-order chi connectivity index (χ1) is 16.0. The number of carbonyl (C=O) groups excluding carboxylic acids is 1. The van der Waals surface area contributed by atoms with Gasteiger partial charge < -0.3 is 15.9 Å². The summed E-state index contributed by atoms with van der Waals surface area (Å²) in [5.41, 5.74) is 2.30. The first-order valence-corrected chi connectivity index (χ1v) is 11.6. The molecule has 4 rings (SSSR count). The molecular weight excluding hydrogens is 481 g/mol. The zero-order chi connectivity index (χ0) is 23.2. The summed E-state index contributed by atoms with van der Waals surface area (Å²) >= 11 is 13.4. The van der Waals surface area contributed by atoms with E-state index in [1.54, 1.807) is 30.3 Å². The maximum Gasteiger partial charge on any atom is 0.234 e. The van der Waals surface area contributed by atoms with Crippen LogP contribution < -0.4 is 15.9 Å². The van der Waals surface area contributed by atoms with E-state index in [4.69, 9.17) is 33.8 Å². The molecule has 0 spiro atoms. The number of rotatable bonds is 8. The zero-order valence-corrected chi connectivity index (χ0v) is 19.6. The van der Waals surface area contributed by atoms with Gasteiger partial charge in [0.25, 0.3) is 0 Å². The van der Waals surface area contributed by atoms with E-state index >= 15 is 0 Å². The molecular formula is C23H19Cl2N5O2S. The number of aromatic nitrogens is 3. The van der Waals surface area contributed by atoms with Crippen LogP contribution in [-0.4, -0.2) is 26.5 Å². The molecule has 0 aliphatic heterocycles. The van der Waals surface area contributed by atoms with E-state index in [0.29, 0.717) is 38.9 Å². The Balaban J connectivity index is 1.31. The van der Waals surface area contributed by atoms with Crippen molar-refractivity contribution in [2.24, 2.45) is 0 Å². The van der Waals surface area contributed by atoms with Crippen LogP contribution in [0.5, 0.6) is 5.75 Å². The number of carbonyl (C=O) groups is 1. The van der Waals surface area contributed by atoms with Gasteiger partial charge in [-0.25, -0.2) is 4.68 Å². The summed E-state index contributed by atoms with van der Waals surface area (Å²) in [5.74, 6) is 7.08. The van der Waals surface area contributed by atoms with Gasteiger partial charge in [0.2, 0.25) is 11.1 Å². The molecule has 0 aliphatic rings. The number of nitrogen functional groups attached to an aromatic ring is 1. The van der Waals surface area contributed by atoms with Crippen molar-refractivity contribution in [2.45, 2.75) is 11.8 Å². The minimum atomic E-state index is -0.205. The molecule has 0 saturated carbocycles. The lowest BCUT2D eigenvalue weighted by Crippen LogP contribution is -2.16. The standard InChI is InChI=1S/C23H19Cl2N5O2S/c24-16-6-11-20(25)19(12-16)22-28-29-23(30(22)26)33-14-21(31)27-17-7-9-18(10-8-17)32-13-15-4-2-1-3-5-15/h1-12H,13-14,26H2,(H,27,31). The Morgan fingerprint density at radius 2 is 1.79 bits per heavy atom. The Labute approximate surface area is 204 Å². The van der Waals surface area contributed by atoms with Crippen LogP contribution in [0.2, 0.25) is 10.0 Å². The third kappa shape index (κ3) is 5.98. The lowest BCUT2D eigenvalue weighted by atomic mass is 10.2. The highest BCUT2D eigenvalue weighted by molar-refractivity contribution is 7.99. The van der Waals surface area contributed by atoms with Crippen molar-refractivity contribution < 1.29 is 9.53 Å². The number of hydrogen-bond donors (Lipinski definition) is 2. The molecule has 4 aromatic rings. The van der Waals surface area contributed by atoms with E-state index in [0.717, 1.165) is 23.1 Å². The lowest BCUT2D eigenvalue weighted by Gasteiger charge is -2.09. The quantitative estimate of drug-likeness (QED) is 0.253. The van der Waals surface area contributed by atoms with E-state index < -0.39 is 0 Å². The maximum absolute atomic E-state index is 12.4. The molecule has 33 heavy (non-hydrogen) atoms. The van der Waals surface area contributed by atoms with E-state index in [2.05, 4.69) is 15.5 Å². The average molecular weight is 500 g/mol. The fourth-order valence-electron chi connectivity index (χ4n) is 2.93. The molecule has 0 unspecified atom stereocenters. The summed E-state index contributed by atoms with van der Waals surface area (Å²) in [4.78, 5) is 12.4. The van der Waals surface area contributed by atoms with Gasteiger partial charge in [-0.1, -0.05) is 65.3 Å². The van der Waals surface area contributed by atoms with Crippen molar-refractivity contribution >= 4 is 46.6 Å². The third-order valence-corrected chi connectivity index (χ3v) is 6.06. The number of hydrogen-bond acceptors (Lipinski definition) is 6. The molecule has 0 fully saturated rings. The highest BCUT2D eigenvalue weighted by atomic mass is 35.5. The largest absolute Gasteiger partial charge is 0.489 e. The number of benzene rings is 3. The molecule has 0 aliphatic carbocycles. The monoisotopic (exact) mass is 499 g/mol. The Morgan fingerprint density at radius 3 is 2.55 bits per heavy atom. The molecule has 168 valence electrons. The summed E-state index contributed by atoms with van der Waals surface area (Å²) in [5, 5.41) is 12.3. The molecule has 7 nitrogen and oxygen atoms in total. The fraction of sp³-hybridized carbons (Fsp3) is 0.0870. The number of thioether (sulfide) groups is 1. The molecule has 1 aromatic heterocycles. The normalized spacial score (nSPS) is 10.7. The Morgan fingerprint density at radius 1 is 1.03 bits per heavy atom. The molecule has 0 radical (unpaired) electrons. The summed E-state index contributed by atoms with van der Waals surface area (Å²) < 4.78 is 7.04. The summed E-state index contributed by atoms with van der Waals surface area (Å²) in [6, 6.07) is 22.1. The van der Waals surface area contributed by atoms with Crippen molar-refractivity contribution in [3.05, 3.63) is 88.4 Å². The summed E-state index contributed by atoms with van der Waals surface area (Å²) in [6.45, 7) is 0.478. The van der Waals surface area contributed by atoms with Crippen molar-refractivity contribution in [1.82, 2.24) is 14.9 Å². The van der Waals surface area contributed by atoms with Gasteiger partial charge in [-0.3, -0.25) is 4.79 Å². The number of nitrogens with two attached hydrogens (primary N) is 1. The highest BCUT2D eigenvalue weighted by Gasteiger charge is 2.16. The van der Waals surface area contributed by atoms with Crippen LogP contribution in [0.3, 0.4) is 0 Å². The van der Waals surface area contributed by atoms with Crippen molar-refractivity contribution in [1.29, 1.82) is 0 Å². The second-order valence-electron chi connectivity index (χ2n) is 6.94. The molecule has 1 heterocycles. The van der Waals surface area contributed by atoms with Crippen LogP contribution in [0.1, 0.15) is 5.56 Å². The van der Waals surface area contributed by atoms with Gasteiger partial charge in [0, 0.05) is 16.3 Å². The Hall–Kier alpha value is -3.20. The number of ether oxygens (including phenoxy) is 1. The van der Waals surface area contributed by atoms with Crippen LogP contribution in [0.25, 0.3) is 11.4 Å². The van der Waals surface area contributed by atoms with Crippen LogP contribution in [0.15, 0.2) is 78.0 Å². The maximum atomic E-state index is 12.4. The van der Waals surface area contributed by atoms with Crippen molar-refractivity contribution in [3.8, 4) is 17.1 Å². The molecule has 0 bridgehead atoms.